The number of urea groups is 1. The van der Waals surface area contributed by atoms with Gasteiger partial charge in [0.05, 0.1) is 0 Å². The Morgan fingerprint density at radius 1 is 1.33 bits per heavy atom. The quantitative estimate of drug-likeness (QED) is 0.538. The fourth-order valence-electron chi connectivity index (χ4n) is 1.23. The highest BCUT2D eigenvalue weighted by Crippen LogP contribution is 2.41. The van der Waals surface area contributed by atoms with Crippen LogP contribution in [0.3, 0.4) is 0 Å². The smallest absolute Gasteiger partial charge is 0.351 e. The van der Waals surface area contributed by atoms with E-state index < -0.39 is 24.2 Å². The van der Waals surface area contributed by atoms with E-state index in [-0.39, 0.29) is 11.4 Å². The first-order valence-electron chi connectivity index (χ1n) is 3.85. The number of amides is 2. The Kier molecular flexibility index (Phi) is 2.62. The number of hydrogen-bond acceptors (Lipinski definition) is 1. The van der Waals surface area contributed by atoms with Crippen LogP contribution in [-0.4, -0.2) is 35.6 Å². The van der Waals surface area contributed by atoms with E-state index in [9.17, 15) is 26.7 Å². The van der Waals surface area contributed by atoms with E-state index in [4.69, 9.17) is 0 Å². The lowest BCUT2D eigenvalue weighted by Gasteiger charge is -2.30. The molecule has 0 aliphatic carbocycles. The van der Waals surface area contributed by atoms with Crippen LogP contribution < -0.4 is 5.73 Å². The highest BCUT2D eigenvalue weighted by atomic mass is 19.4. The van der Waals surface area contributed by atoms with Crippen LogP contribution in [0.1, 0.15) is 0 Å². The van der Waals surface area contributed by atoms with Crippen LogP contribution in [0.4, 0.5) is 26.7 Å². The van der Waals surface area contributed by atoms with Crippen LogP contribution in [0.2, 0.25) is 0 Å². The molecule has 0 bridgehead atoms. The van der Waals surface area contributed by atoms with Crippen molar-refractivity contribution >= 4 is 6.03 Å². The maximum Gasteiger partial charge on any atom is 0.455 e. The lowest BCUT2D eigenvalue weighted by Crippen LogP contribution is -2.55. The molecular weight excluding hydrogens is 223 g/mol. The monoisotopic (exact) mass is 230 g/mol. The van der Waals surface area contributed by atoms with E-state index in [0.717, 1.165) is 6.08 Å². The highest BCUT2D eigenvalue weighted by Gasteiger charge is 2.64. The van der Waals surface area contributed by atoms with Crippen molar-refractivity contribution in [2.24, 2.45) is 5.73 Å². The van der Waals surface area contributed by atoms with Gasteiger partial charge in [0.15, 0.2) is 0 Å². The number of hydrogen-bond donors (Lipinski definition) is 1. The highest BCUT2D eigenvalue weighted by molar-refractivity contribution is 5.73. The summed E-state index contributed by atoms with van der Waals surface area (Å²) in [5.74, 6) is -4.99. The summed E-state index contributed by atoms with van der Waals surface area (Å²) in [6.07, 6.45) is -4.05. The van der Waals surface area contributed by atoms with Crippen LogP contribution in [0.15, 0.2) is 12.2 Å². The van der Waals surface area contributed by atoms with Crippen LogP contribution >= 0.6 is 0 Å². The molecule has 1 aliphatic heterocycles. The minimum absolute atomic E-state index is 0.257. The maximum atomic E-state index is 12.8. The third-order valence-corrected chi connectivity index (χ3v) is 1.99. The molecule has 1 unspecified atom stereocenters. The maximum absolute atomic E-state index is 12.8. The fourth-order valence-corrected chi connectivity index (χ4v) is 1.23. The van der Waals surface area contributed by atoms with E-state index in [1.165, 1.54) is 0 Å². The molecular formula is C7H7F5N2O. The number of alkyl halides is 5. The number of nitrogens with zero attached hydrogens (tertiary/aromatic N) is 1. The van der Waals surface area contributed by atoms with E-state index in [2.05, 4.69) is 5.73 Å². The van der Waals surface area contributed by atoms with Crippen LogP contribution in [-0.2, 0) is 0 Å². The fraction of sp³-hybridized carbons (Fsp3) is 0.571. The van der Waals surface area contributed by atoms with E-state index in [1.54, 1.807) is 0 Å². The Balaban J connectivity index is 2.96. The molecule has 0 aromatic rings. The Morgan fingerprint density at radius 3 is 2.27 bits per heavy atom. The van der Waals surface area contributed by atoms with Crippen molar-refractivity contribution in [1.29, 1.82) is 0 Å². The minimum Gasteiger partial charge on any atom is -0.351 e. The van der Waals surface area contributed by atoms with Crippen molar-refractivity contribution in [2.75, 3.05) is 6.54 Å². The second-order valence-corrected chi connectivity index (χ2v) is 2.98. The third-order valence-electron chi connectivity index (χ3n) is 1.99. The summed E-state index contributed by atoms with van der Waals surface area (Å²) in [6, 6.07) is -3.66. The van der Waals surface area contributed by atoms with Gasteiger partial charge in [-0.2, -0.15) is 22.0 Å². The number of carbonyl (C=O) groups is 1. The van der Waals surface area contributed by atoms with Gasteiger partial charge >= 0.3 is 18.1 Å². The standard InChI is InChI=1S/C7H7F5N2O/c8-6(9,7(10,11)12)4-2-1-3-14(4)5(13)15/h1-2,4H,3H2,(H2,13,15). The van der Waals surface area contributed by atoms with Crippen molar-refractivity contribution in [3.63, 3.8) is 0 Å². The molecule has 1 rings (SSSR count). The van der Waals surface area contributed by atoms with Crippen LogP contribution in [0.25, 0.3) is 0 Å². The summed E-state index contributed by atoms with van der Waals surface area (Å²) in [4.78, 5) is 10.9. The number of halogens is 5. The summed E-state index contributed by atoms with van der Waals surface area (Å²) < 4.78 is 61.5. The average Bonchev–Trinajstić information content (AvgIpc) is 2.48. The first kappa shape index (κ1) is 11.7. The van der Waals surface area contributed by atoms with Gasteiger partial charge in [-0.05, 0) is 0 Å². The van der Waals surface area contributed by atoms with Gasteiger partial charge in [-0.1, -0.05) is 12.2 Å². The normalized spacial score (nSPS) is 22.2. The summed E-state index contributed by atoms with van der Waals surface area (Å²) in [6.45, 7) is -0.342. The molecule has 0 aromatic carbocycles. The first-order valence-corrected chi connectivity index (χ1v) is 3.85. The summed E-state index contributed by atoms with van der Waals surface area (Å²) in [5, 5.41) is 0. The van der Waals surface area contributed by atoms with Gasteiger partial charge in [-0.25, -0.2) is 4.79 Å². The molecule has 0 saturated heterocycles. The van der Waals surface area contributed by atoms with Crippen molar-refractivity contribution in [3.8, 4) is 0 Å². The van der Waals surface area contributed by atoms with E-state index in [0.29, 0.717) is 6.08 Å². The molecule has 0 radical (unpaired) electrons. The lowest BCUT2D eigenvalue weighted by molar-refractivity contribution is -0.293. The molecule has 0 aromatic heterocycles. The molecule has 2 N–H and O–H groups in total. The Hall–Kier alpha value is -1.34. The molecule has 1 atom stereocenters. The SMILES string of the molecule is NC(=O)N1CC=CC1C(F)(F)C(F)(F)F. The zero-order chi connectivity index (χ0) is 11.9. The average molecular weight is 230 g/mol. The second kappa shape index (κ2) is 3.35. The third kappa shape index (κ3) is 1.88. The number of rotatable bonds is 1. The molecule has 8 heteroatoms. The van der Waals surface area contributed by atoms with Crippen molar-refractivity contribution in [1.82, 2.24) is 4.90 Å². The largest absolute Gasteiger partial charge is 0.455 e. The molecule has 1 aliphatic rings. The lowest BCUT2D eigenvalue weighted by atomic mass is 10.1. The Labute approximate surface area is 81.3 Å². The zero-order valence-electron chi connectivity index (χ0n) is 7.26. The van der Waals surface area contributed by atoms with Gasteiger partial charge in [0, 0.05) is 6.54 Å². The van der Waals surface area contributed by atoms with Gasteiger partial charge in [0.1, 0.15) is 6.04 Å². The summed E-state index contributed by atoms with van der Waals surface area (Å²) >= 11 is 0. The summed E-state index contributed by atoms with van der Waals surface area (Å²) in [5.41, 5.74) is 4.67. The number of nitrogens with two attached hydrogens (primary N) is 1. The minimum atomic E-state index is -5.71. The van der Waals surface area contributed by atoms with Gasteiger partial charge < -0.3 is 10.6 Å². The zero-order valence-corrected chi connectivity index (χ0v) is 7.26. The van der Waals surface area contributed by atoms with Gasteiger partial charge in [0.25, 0.3) is 0 Å². The van der Waals surface area contributed by atoms with E-state index >= 15 is 0 Å². The van der Waals surface area contributed by atoms with Gasteiger partial charge in [-0.15, -0.1) is 0 Å². The van der Waals surface area contributed by atoms with Crippen LogP contribution in [0, 0.1) is 0 Å². The Bertz CT molecular complexity index is 298. The first-order chi connectivity index (χ1) is 6.68. The molecule has 0 fully saturated rings. The van der Waals surface area contributed by atoms with Crippen molar-refractivity contribution < 1.29 is 26.7 Å². The molecule has 1 heterocycles. The molecule has 0 saturated carbocycles. The molecule has 3 nitrogen and oxygen atoms in total. The van der Waals surface area contributed by atoms with E-state index in [1.807, 2.05) is 0 Å². The molecule has 0 spiro atoms. The van der Waals surface area contributed by atoms with Crippen LogP contribution in [0.5, 0.6) is 0 Å². The molecule has 2 amide bonds. The summed E-state index contributed by atoms with van der Waals surface area (Å²) in [7, 11) is 0. The number of primary amides is 1. The molecule has 15 heavy (non-hydrogen) atoms. The number of carbonyl (C=O) groups excluding carboxylic acids is 1. The predicted molar refractivity (Wildman–Crippen MR) is 40.2 cm³/mol. The molecule has 86 valence electrons. The van der Waals surface area contributed by atoms with Gasteiger partial charge in [-0.3, -0.25) is 0 Å². The van der Waals surface area contributed by atoms with Crippen molar-refractivity contribution in [2.45, 2.75) is 18.1 Å². The van der Waals surface area contributed by atoms with Crippen molar-refractivity contribution in [3.05, 3.63) is 12.2 Å². The predicted octanol–water partition coefficient (Wildman–Crippen LogP) is 1.50. The topological polar surface area (TPSA) is 46.3 Å². The Morgan fingerprint density at radius 2 is 1.87 bits per heavy atom. The van der Waals surface area contributed by atoms with Gasteiger partial charge in [0.2, 0.25) is 0 Å². The second-order valence-electron chi connectivity index (χ2n) is 2.98.